The predicted octanol–water partition coefficient (Wildman–Crippen LogP) is 2.53. The fourth-order valence-electron chi connectivity index (χ4n) is 6.96. The van der Waals surface area contributed by atoms with Crippen molar-refractivity contribution in [3.63, 3.8) is 0 Å². The maximum atomic E-state index is 14.6. The van der Waals surface area contributed by atoms with E-state index in [0.29, 0.717) is 13.0 Å². The van der Waals surface area contributed by atoms with E-state index in [1.165, 1.54) is 4.90 Å². The third-order valence-corrected chi connectivity index (χ3v) is 9.13. The standard InChI is InChI=1S/C33H43N3O7/c1-20(2)23(18-37)36-28-31(41)35(32(3,4)5)17-11-16-33(28)27(30(36)40)26-24(43-33)14-9-10-15-25(38)42-19-22(34-29(26)39)21-12-7-6-8-13-21/h6-9,11-14,16,20,22-24,26-28,37H,10,15,17-19H2,1-5H3,(H,34,39)/b14-9-/t22-,23-,24+,26-,27-,28+,33-/m0/s1. The molecule has 2 saturated heterocycles. The number of nitrogens with one attached hydrogen (secondary N) is 1. The van der Waals surface area contributed by atoms with Gasteiger partial charge in [-0.25, -0.2) is 0 Å². The molecule has 2 N–H and O–H groups in total. The lowest BCUT2D eigenvalue weighted by molar-refractivity contribution is -0.154. The van der Waals surface area contributed by atoms with Gasteiger partial charge in [0.1, 0.15) is 18.2 Å². The van der Waals surface area contributed by atoms with Gasteiger partial charge in [0.15, 0.2) is 0 Å². The lowest BCUT2D eigenvalue weighted by atomic mass is 9.77. The molecule has 1 spiro atoms. The van der Waals surface area contributed by atoms with Crippen molar-refractivity contribution in [2.75, 3.05) is 19.8 Å². The lowest BCUT2D eigenvalue weighted by Gasteiger charge is -2.42. The summed E-state index contributed by atoms with van der Waals surface area (Å²) >= 11 is 0. The SMILES string of the molecule is CC(C)[C@H](CO)N1C(=O)[C@@H]2[C@H]3C(=O)N[C@H](c4ccccc4)COC(=O)CC/C=C\[C@H]3O[C@@]23C=CCN(C(C)(C)C)C(=O)[C@@H]13. The molecular formula is C33H43N3O7. The van der Waals surface area contributed by atoms with Crippen LogP contribution in [0.15, 0.2) is 54.6 Å². The van der Waals surface area contributed by atoms with E-state index in [1.54, 1.807) is 23.1 Å². The number of benzene rings is 1. The summed E-state index contributed by atoms with van der Waals surface area (Å²) in [6.45, 7) is 9.53. The topological polar surface area (TPSA) is 125 Å². The maximum absolute atomic E-state index is 14.6. The van der Waals surface area contributed by atoms with Crippen LogP contribution in [0.4, 0.5) is 0 Å². The molecule has 232 valence electrons. The Bertz CT molecular complexity index is 1300. The summed E-state index contributed by atoms with van der Waals surface area (Å²) in [4.78, 5) is 59.0. The molecule has 43 heavy (non-hydrogen) atoms. The van der Waals surface area contributed by atoms with Gasteiger partial charge in [-0.1, -0.05) is 68.5 Å². The predicted molar refractivity (Wildman–Crippen MR) is 158 cm³/mol. The van der Waals surface area contributed by atoms with Gasteiger partial charge in [-0.05, 0) is 38.7 Å². The summed E-state index contributed by atoms with van der Waals surface area (Å²) in [5, 5.41) is 13.5. The van der Waals surface area contributed by atoms with E-state index < -0.39 is 59.0 Å². The highest BCUT2D eigenvalue weighted by molar-refractivity contribution is 6.00. The van der Waals surface area contributed by atoms with E-state index in [0.717, 1.165) is 5.56 Å². The lowest BCUT2D eigenvalue weighted by Crippen LogP contribution is -2.61. The van der Waals surface area contributed by atoms with Crippen molar-refractivity contribution in [1.82, 2.24) is 15.1 Å². The molecule has 10 heteroatoms. The number of hydrogen-bond acceptors (Lipinski definition) is 7. The Kier molecular flexibility index (Phi) is 8.55. The van der Waals surface area contributed by atoms with E-state index in [2.05, 4.69) is 5.32 Å². The Morgan fingerprint density at radius 2 is 1.79 bits per heavy atom. The van der Waals surface area contributed by atoms with Gasteiger partial charge in [-0.3, -0.25) is 19.2 Å². The third kappa shape index (κ3) is 5.51. The molecule has 3 amide bonds. The van der Waals surface area contributed by atoms with Crippen LogP contribution in [0.1, 0.15) is 59.1 Å². The molecule has 4 aliphatic rings. The minimum Gasteiger partial charge on any atom is -0.463 e. The van der Waals surface area contributed by atoms with Crippen LogP contribution in [-0.2, 0) is 28.7 Å². The van der Waals surface area contributed by atoms with Crippen molar-refractivity contribution in [2.24, 2.45) is 17.8 Å². The Morgan fingerprint density at radius 3 is 2.44 bits per heavy atom. The number of aliphatic hydroxyl groups is 1. The number of hydrogen-bond donors (Lipinski definition) is 2. The molecule has 4 aliphatic heterocycles. The van der Waals surface area contributed by atoms with Gasteiger partial charge in [-0.2, -0.15) is 0 Å². The highest BCUT2D eigenvalue weighted by atomic mass is 16.5. The van der Waals surface area contributed by atoms with Crippen LogP contribution in [0, 0.1) is 17.8 Å². The Balaban J connectivity index is 1.63. The Hall–Kier alpha value is -3.50. The molecule has 7 atom stereocenters. The second kappa shape index (κ2) is 11.9. The van der Waals surface area contributed by atoms with Crippen molar-refractivity contribution >= 4 is 23.7 Å². The number of esters is 1. The first-order valence-corrected chi connectivity index (χ1v) is 15.2. The number of carbonyl (C=O) groups excluding carboxylic acids is 4. The molecule has 2 fully saturated rings. The summed E-state index contributed by atoms with van der Waals surface area (Å²) in [6, 6.07) is 6.85. The fraction of sp³-hybridized carbons (Fsp3) is 0.576. The van der Waals surface area contributed by atoms with Crippen molar-refractivity contribution in [3.8, 4) is 0 Å². The molecule has 10 nitrogen and oxygen atoms in total. The number of rotatable bonds is 4. The first-order valence-electron chi connectivity index (χ1n) is 15.2. The van der Waals surface area contributed by atoms with Crippen LogP contribution in [-0.4, -0.2) is 87.7 Å². The summed E-state index contributed by atoms with van der Waals surface area (Å²) in [5.74, 6) is -3.63. The van der Waals surface area contributed by atoms with Crippen molar-refractivity contribution < 1.29 is 33.8 Å². The molecule has 0 aromatic heterocycles. The molecular weight excluding hydrogens is 550 g/mol. The normalized spacial score (nSPS) is 33.0. The highest BCUT2D eigenvalue weighted by Gasteiger charge is 2.72. The summed E-state index contributed by atoms with van der Waals surface area (Å²) in [7, 11) is 0. The second-order valence-electron chi connectivity index (χ2n) is 13.2. The summed E-state index contributed by atoms with van der Waals surface area (Å²) in [6.07, 6.45) is 6.85. The number of amides is 3. The van der Waals surface area contributed by atoms with Crippen molar-refractivity contribution in [2.45, 2.75) is 82.8 Å². The van der Waals surface area contributed by atoms with Gasteiger partial charge >= 0.3 is 5.97 Å². The Labute approximate surface area is 253 Å². The molecule has 0 aliphatic carbocycles. The number of carbonyl (C=O) groups is 4. The molecule has 5 rings (SSSR count). The van der Waals surface area contributed by atoms with Crippen LogP contribution < -0.4 is 5.32 Å². The van der Waals surface area contributed by atoms with Gasteiger partial charge in [0.25, 0.3) is 0 Å². The average molecular weight is 594 g/mol. The van der Waals surface area contributed by atoms with E-state index in [-0.39, 0.29) is 37.4 Å². The number of allylic oxidation sites excluding steroid dienone is 1. The van der Waals surface area contributed by atoms with Crippen LogP contribution in [0.5, 0.6) is 0 Å². The molecule has 0 radical (unpaired) electrons. The first-order chi connectivity index (χ1) is 20.4. The van der Waals surface area contributed by atoms with E-state index >= 15 is 0 Å². The smallest absolute Gasteiger partial charge is 0.306 e. The van der Waals surface area contributed by atoms with Gasteiger partial charge in [0.05, 0.1) is 36.6 Å². The zero-order chi connectivity index (χ0) is 31.1. The van der Waals surface area contributed by atoms with Crippen LogP contribution >= 0.6 is 0 Å². The second-order valence-corrected chi connectivity index (χ2v) is 13.2. The van der Waals surface area contributed by atoms with Gasteiger partial charge < -0.3 is 29.7 Å². The van der Waals surface area contributed by atoms with E-state index in [9.17, 15) is 24.3 Å². The minimum atomic E-state index is -1.43. The van der Waals surface area contributed by atoms with Crippen LogP contribution in [0.25, 0.3) is 0 Å². The maximum Gasteiger partial charge on any atom is 0.306 e. The monoisotopic (exact) mass is 593 g/mol. The number of aliphatic hydroxyl groups excluding tert-OH is 1. The number of fused-ring (bicyclic) bond motifs is 2. The highest BCUT2D eigenvalue weighted by Crippen LogP contribution is 2.54. The van der Waals surface area contributed by atoms with Crippen LogP contribution in [0.3, 0.4) is 0 Å². The van der Waals surface area contributed by atoms with Crippen molar-refractivity contribution in [1.29, 1.82) is 0 Å². The molecule has 1 aromatic carbocycles. The summed E-state index contributed by atoms with van der Waals surface area (Å²) in [5.41, 5.74) is -1.22. The molecule has 4 heterocycles. The van der Waals surface area contributed by atoms with Gasteiger partial charge in [0.2, 0.25) is 17.7 Å². The zero-order valence-corrected chi connectivity index (χ0v) is 25.6. The largest absolute Gasteiger partial charge is 0.463 e. The molecule has 0 saturated carbocycles. The fourth-order valence-corrected chi connectivity index (χ4v) is 6.96. The number of nitrogens with zero attached hydrogens (tertiary/aromatic N) is 2. The molecule has 0 bridgehead atoms. The number of cyclic esters (lactones) is 1. The van der Waals surface area contributed by atoms with Crippen LogP contribution in [0.2, 0.25) is 0 Å². The van der Waals surface area contributed by atoms with E-state index in [1.807, 2.05) is 71.0 Å². The number of ether oxygens (including phenoxy) is 2. The quantitative estimate of drug-likeness (QED) is 0.406. The third-order valence-electron chi connectivity index (χ3n) is 9.13. The Morgan fingerprint density at radius 1 is 1.07 bits per heavy atom. The summed E-state index contributed by atoms with van der Waals surface area (Å²) < 4.78 is 12.3. The average Bonchev–Trinajstić information content (AvgIpc) is 3.33. The number of likely N-dealkylation sites (tertiary alicyclic amines) is 1. The van der Waals surface area contributed by atoms with Gasteiger partial charge in [0, 0.05) is 18.5 Å². The minimum absolute atomic E-state index is 0.0616. The first kappa shape index (κ1) is 30.9. The zero-order valence-electron chi connectivity index (χ0n) is 25.6. The molecule has 0 unspecified atom stereocenters. The van der Waals surface area contributed by atoms with E-state index in [4.69, 9.17) is 9.47 Å². The van der Waals surface area contributed by atoms with Crippen molar-refractivity contribution in [3.05, 3.63) is 60.2 Å². The molecule has 1 aromatic rings. The van der Waals surface area contributed by atoms with Gasteiger partial charge in [-0.15, -0.1) is 0 Å².